The number of ether oxygens (including phenoxy) is 1. The molecule has 2 unspecified atom stereocenters. The van der Waals surface area contributed by atoms with Crippen molar-refractivity contribution in [2.75, 3.05) is 26.7 Å². The minimum absolute atomic E-state index is 0.244. The van der Waals surface area contributed by atoms with Gasteiger partial charge in [0.2, 0.25) is 0 Å². The van der Waals surface area contributed by atoms with E-state index in [4.69, 9.17) is 10.5 Å². The summed E-state index contributed by atoms with van der Waals surface area (Å²) in [5, 5.41) is 0. The molecule has 1 fully saturated rings. The third kappa shape index (κ3) is 4.16. The number of rotatable bonds is 6. The van der Waals surface area contributed by atoms with Gasteiger partial charge in [0, 0.05) is 25.0 Å². The lowest BCUT2D eigenvalue weighted by molar-refractivity contribution is 0.326. The van der Waals surface area contributed by atoms with E-state index in [9.17, 15) is 0 Å². The maximum absolute atomic E-state index is 6.40. The molecule has 0 spiro atoms. The smallest absolute Gasteiger partial charge is 0.118 e. The Labute approximate surface area is 145 Å². The molecule has 0 radical (unpaired) electrons. The Hall–Kier alpha value is -1.84. The van der Waals surface area contributed by atoms with Crippen LogP contribution in [0.3, 0.4) is 0 Å². The van der Waals surface area contributed by atoms with Crippen LogP contribution in [0.25, 0.3) is 0 Å². The van der Waals surface area contributed by atoms with E-state index in [2.05, 4.69) is 48.2 Å². The van der Waals surface area contributed by atoms with Gasteiger partial charge in [0.1, 0.15) is 5.75 Å². The topological polar surface area (TPSA) is 38.5 Å². The highest BCUT2D eigenvalue weighted by Crippen LogP contribution is 2.27. The van der Waals surface area contributed by atoms with Gasteiger partial charge in [0.05, 0.1) is 7.11 Å². The molecule has 1 saturated heterocycles. The van der Waals surface area contributed by atoms with E-state index in [1.54, 1.807) is 7.11 Å². The van der Waals surface area contributed by atoms with E-state index in [1.165, 1.54) is 23.1 Å². The quantitative estimate of drug-likeness (QED) is 0.885. The zero-order valence-electron chi connectivity index (χ0n) is 14.7. The summed E-state index contributed by atoms with van der Waals surface area (Å²) in [6.45, 7) is 5.32. The number of benzene rings is 2. The Kier molecular flexibility index (Phi) is 5.54. The van der Waals surface area contributed by atoms with Crippen LogP contribution in [0.4, 0.5) is 0 Å². The van der Waals surface area contributed by atoms with Gasteiger partial charge in [0.25, 0.3) is 0 Å². The van der Waals surface area contributed by atoms with Gasteiger partial charge in [-0.25, -0.2) is 0 Å². The number of hydrogen-bond acceptors (Lipinski definition) is 3. The maximum Gasteiger partial charge on any atom is 0.118 e. The van der Waals surface area contributed by atoms with Crippen LogP contribution in [0.2, 0.25) is 0 Å². The molecule has 0 bridgehead atoms. The van der Waals surface area contributed by atoms with Crippen LogP contribution in [0, 0.1) is 6.92 Å². The zero-order chi connectivity index (χ0) is 16.9. The fraction of sp³-hybridized carbons (Fsp3) is 0.429. The molecule has 24 heavy (non-hydrogen) atoms. The van der Waals surface area contributed by atoms with Gasteiger partial charge in [-0.15, -0.1) is 0 Å². The number of aryl methyl sites for hydroxylation is 2. The van der Waals surface area contributed by atoms with Crippen LogP contribution in [-0.4, -0.2) is 37.7 Å². The van der Waals surface area contributed by atoms with Gasteiger partial charge in [-0.1, -0.05) is 42.0 Å². The van der Waals surface area contributed by atoms with Crippen LogP contribution >= 0.6 is 0 Å². The molecule has 3 nitrogen and oxygen atoms in total. The number of hydrogen-bond donors (Lipinski definition) is 1. The van der Waals surface area contributed by atoms with Crippen LogP contribution in [0.15, 0.2) is 48.5 Å². The molecule has 0 aliphatic carbocycles. The Morgan fingerprint density at radius 1 is 1.04 bits per heavy atom. The average molecular weight is 324 g/mol. The summed E-state index contributed by atoms with van der Waals surface area (Å²) in [5.74, 6) is 1.39. The van der Waals surface area contributed by atoms with E-state index in [1.807, 2.05) is 12.1 Å². The van der Waals surface area contributed by atoms with Crippen LogP contribution in [-0.2, 0) is 6.42 Å². The Bertz CT molecular complexity index is 636. The first-order chi connectivity index (χ1) is 11.7. The molecule has 2 aromatic carbocycles. The van der Waals surface area contributed by atoms with Crippen molar-refractivity contribution in [2.45, 2.75) is 31.7 Å². The van der Waals surface area contributed by atoms with Gasteiger partial charge >= 0.3 is 0 Å². The standard InChI is InChI=1S/C21H28N2O/c1-16-5-9-18(10-6-16)20-14-23(15-21(20)22)13-3-4-17-7-11-19(24-2)12-8-17/h5-12,20-21H,3-4,13-15,22H2,1-2H3. The first-order valence-corrected chi connectivity index (χ1v) is 8.83. The molecule has 128 valence electrons. The summed E-state index contributed by atoms with van der Waals surface area (Å²) in [7, 11) is 1.70. The van der Waals surface area contributed by atoms with E-state index >= 15 is 0 Å². The van der Waals surface area contributed by atoms with Gasteiger partial charge in [-0.3, -0.25) is 0 Å². The van der Waals surface area contributed by atoms with Crippen molar-refractivity contribution in [3.8, 4) is 5.75 Å². The molecule has 3 rings (SSSR count). The van der Waals surface area contributed by atoms with Crippen molar-refractivity contribution in [3.05, 3.63) is 65.2 Å². The fourth-order valence-corrected chi connectivity index (χ4v) is 3.56. The number of likely N-dealkylation sites (tertiary alicyclic amines) is 1. The summed E-state index contributed by atoms with van der Waals surface area (Å²) in [6.07, 6.45) is 2.27. The molecule has 0 amide bonds. The minimum Gasteiger partial charge on any atom is -0.497 e. The van der Waals surface area contributed by atoms with Crippen LogP contribution < -0.4 is 10.5 Å². The average Bonchev–Trinajstić information content (AvgIpc) is 2.97. The second-order valence-electron chi connectivity index (χ2n) is 6.89. The monoisotopic (exact) mass is 324 g/mol. The summed E-state index contributed by atoms with van der Waals surface area (Å²) in [5.41, 5.74) is 10.5. The Morgan fingerprint density at radius 3 is 2.42 bits per heavy atom. The lowest BCUT2D eigenvalue weighted by Crippen LogP contribution is -2.29. The predicted octanol–water partition coefficient (Wildman–Crippen LogP) is 3.36. The maximum atomic E-state index is 6.40. The van der Waals surface area contributed by atoms with Crippen molar-refractivity contribution in [1.29, 1.82) is 0 Å². The number of methoxy groups -OCH3 is 1. The largest absolute Gasteiger partial charge is 0.497 e. The highest BCUT2D eigenvalue weighted by Gasteiger charge is 2.30. The molecule has 2 N–H and O–H groups in total. The summed E-state index contributed by atoms with van der Waals surface area (Å²) < 4.78 is 5.21. The highest BCUT2D eigenvalue weighted by atomic mass is 16.5. The van der Waals surface area contributed by atoms with Crippen molar-refractivity contribution < 1.29 is 4.74 Å². The summed E-state index contributed by atoms with van der Waals surface area (Å²) in [4.78, 5) is 2.51. The molecular weight excluding hydrogens is 296 g/mol. The first kappa shape index (κ1) is 17.0. The molecule has 1 aliphatic heterocycles. The summed E-state index contributed by atoms with van der Waals surface area (Å²) in [6, 6.07) is 17.5. The third-order valence-corrected chi connectivity index (χ3v) is 5.05. The second kappa shape index (κ2) is 7.82. The highest BCUT2D eigenvalue weighted by molar-refractivity contribution is 5.28. The zero-order valence-corrected chi connectivity index (χ0v) is 14.7. The van der Waals surface area contributed by atoms with Gasteiger partial charge in [0.15, 0.2) is 0 Å². The van der Waals surface area contributed by atoms with Crippen molar-refractivity contribution in [2.24, 2.45) is 5.73 Å². The van der Waals surface area contributed by atoms with Crippen molar-refractivity contribution >= 4 is 0 Å². The number of nitrogens with zero attached hydrogens (tertiary/aromatic N) is 1. The van der Waals surface area contributed by atoms with E-state index in [0.717, 1.165) is 31.8 Å². The van der Waals surface area contributed by atoms with Gasteiger partial charge in [-0.2, -0.15) is 0 Å². The molecule has 0 aromatic heterocycles. The third-order valence-electron chi connectivity index (χ3n) is 5.05. The first-order valence-electron chi connectivity index (χ1n) is 8.83. The number of nitrogens with two attached hydrogens (primary N) is 1. The molecule has 1 heterocycles. The molecule has 1 aliphatic rings. The van der Waals surface area contributed by atoms with Gasteiger partial charge < -0.3 is 15.4 Å². The normalized spacial score (nSPS) is 21.1. The van der Waals surface area contributed by atoms with Crippen molar-refractivity contribution in [3.63, 3.8) is 0 Å². The molecule has 0 saturated carbocycles. The molecule has 3 heteroatoms. The molecule has 2 atom stereocenters. The minimum atomic E-state index is 0.244. The fourth-order valence-electron chi connectivity index (χ4n) is 3.56. The lowest BCUT2D eigenvalue weighted by atomic mass is 9.94. The van der Waals surface area contributed by atoms with Gasteiger partial charge in [-0.05, 0) is 49.6 Å². The SMILES string of the molecule is COc1ccc(CCCN2CC(N)C(c3ccc(C)cc3)C2)cc1. The molecular formula is C21H28N2O. The van der Waals surface area contributed by atoms with E-state index in [0.29, 0.717) is 5.92 Å². The predicted molar refractivity (Wildman–Crippen MR) is 99.7 cm³/mol. The lowest BCUT2D eigenvalue weighted by Gasteiger charge is -2.16. The van der Waals surface area contributed by atoms with Crippen LogP contribution in [0.5, 0.6) is 5.75 Å². The molecule has 2 aromatic rings. The van der Waals surface area contributed by atoms with Crippen LogP contribution in [0.1, 0.15) is 29.0 Å². The Balaban J connectivity index is 1.49. The summed E-state index contributed by atoms with van der Waals surface area (Å²) >= 11 is 0. The van der Waals surface area contributed by atoms with E-state index < -0.39 is 0 Å². The second-order valence-corrected chi connectivity index (χ2v) is 6.89. The van der Waals surface area contributed by atoms with E-state index in [-0.39, 0.29) is 6.04 Å². The Morgan fingerprint density at radius 2 is 1.75 bits per heavy atom. The van der Waals surface area contributed by atoms with Crippen molar-refractivity contribution in [1.82, 2.24) is 4.90 Å².